The van der Waals surface area contributed by atoms with Crippen LogP contribution in [0.5, 0.6) is 11.5 Å². The van der Waals surface area contributed by atoms with Gasteiger partial charge in [0.1, 0.15) is 12.6 Å². The van der Waals surface area contributed by atoms with Gasteiger partial charge < -0.3 is 19.7 Å². The molecule has 3 rings (SSSR count). The minimum atomic E-state index is -4.24. The molecule has 0 saturated carbocycles. The molecule has 0 aliphatic carbocycles. The molecule has 2 atom stereocenters. The van der Waals surface area contributed by atoms with Crippen molar-refractivity contribution in [1.29, 1.82) is 0 Å². The molecular formula is C31H37Cl2N3O6S. The Balaban J connectivity index is 2.12. The number of carbonyl (C=O) groups excluding carboxylic acids is 2. The van der Waals surface area contributed by atoms with Gasteiger partial charge in [0, 0.05) is 18.7 Å². The zero-order chi connectivity index (χ0) is 31.7. The van der Waals surface area contributed by atoms with Crippen molar-refractivity contribution >= 4 is 50.7 Å². The summed E-state index contributed by atoms with van der Waals surface area (Å²) in [6.45, 7) is 5.01. The van der Waals surface area contributed by atoms with Crippen LogP contribution in [0, 0.1) is 0 Å². The standard InChI is InChI=1S/C31H37Cl2N3O6S/c1-6-21(3)34-31(38)27(7-2)35(19-22-13-15-25(32)26(33)17-22)30(37)20-36(43(39,40)24-11-9-8-10-12-24)23-14-16-28(41-4)29(18-23)42-5/h8-18,21,27H,6-7,19-20H2,1-5H3,(H,34,38)/t21-,27-/m0/s1. The number of nitrogens with one attached hydrogen (secondary N) is 1. The van der Waals surface area contributed by atoms with Gasteiger partial charge in [0.15, 0.2) is 11.5 Å². The van der Waals surface area contributed by atoms with Crippen molar-refractivity contribution in [2.24, 2.45) is 0 Å². The molecule has 0 unspecified atom stereocenters. The monoisotopic (exact) mass is 649 g/mol. The Labute approximate surface area is 263 Å². The van der Waals surface area contributed by atoms with E-state index in [1.54, 1.807) is 49.4 Å². The second-order valence-electron chi connectivity index (χ2n) is 9.88. The molecule has 0 saturated heterocycles. The molecule has 0 radical (unpaired) electrons. The number of methoxy groups -OCH3 is 2. The van der Waals surface area contributed by atoms with Gasteiger partial charge in [0.05, 0.1) is 34.8 Å². The molecule has 232 valence electrons. The van der Waals surface area contributed by atoms with E-state index in [4.69, 9.17) is 32.7 Å². The summed E-state index contributed by atoms with van der Waals surface area (Å²) in [5.74, 6) is -0.253. The molecule has 0 heterocycles. The molecule has 9 nitrogen and oxygen atoms in total. The number of amides is 2. The van der Waals surface area contributed by atoms with Gasteiger partial charge in [-0.15, -0.1) is 0 Å². The van der Waals surface area contributed by atoms with E-state index in [-0.39, 0.29) is 41.2 Å². The summed E-state index contributed by atoms with van der Waals surface area (Å²) in [6.07, 6.45) is 0.989. The van der Waals surface area contributed by atoms with E-state index < -0.39 is 28.5 Å². The predicted molar refractivity (Wildman–Crippen MR) is 170 cm³/mol. The summed E-state index contributed by atoms with van der Waals surface area (Å²) < 4.78 is 39.8. The van der Waals surface area contributed by atoms with Crippen LogP contribution in [-0.2, 0) is 26.2 Å². The number of benzene rings is 3. The Hall–Kier alpha value is -3.47. The number of nitrogens with zero attached hydrogens (tertiary/aromatic N) is 2. The number of hydrogen-bond acceptors (Lipinski definition) is 6. The van der Waals surface area contributed by atoms with Crippen LogP contribution >= 0.6 is 23.2 Å². The average molecular weight is 651 g/mol. The summed E-state index contributed by atoms with van der Waals surface area (Å²) in [6, 6.07) is 16.3. The molecule has 0 spiro atoms. The van der Waals surface area contributed by atoms with E-state index >= 15 is 0 Å². The quantitative estimate of drug-likeness (QED) is 0.232. The number of carbonyl (C=O) groups is 2. The number of anilines is 1. The molecule has 43 heavy (non-hydrogen) atoms. The van der Waals surface area contributed by atoms with Crippen LogP contribution in [0.1, 0.15) is 39.2 Å². The van der Waals surface area contributed by atoms with E-state index in [0.717, 1.165) is 4.31 Å². The summed E-state index contributed by atoms with van der Waals surface area (Å²) in [5.41, 5.74) is 0.808. The maximum Gasteiger partial charge on any atom is 0.264 e. The lowest BCUT2D eigenvalue weighted by Gasteiger charge is -2.34. The second kappa shape index (κ2) is 15.3. The van der Waals surface area contributed by atoms with Gasteiger partial charge in [-0.2, -0.15) is 0 Å². The summed E-state index contributed by atoms with van der Waals surface area (Å²) in [7, 11) is -1.34. The summed E-state index contributed by atoms with van der Waals surface area (Å²) in [5, 5.41) is 3.59. The molecule has 0 bridgehead atoms. The first-order valence-electron chi connectivity index (χ1n) is 13.8. The smallest absolute Gasteiger partial charge is 0.264 e. The highest BCUT2D eigenvalue weighted by molar-refractivity contribution is 7.92. The maximum atomic E-state index is 14.2. The molecule has 0 aliphatic heterocycles. The molecule has 0 aromatic heterocycles. The first kappa shape index (κ1) is 34.0. The van der Waals surface area contributed by atoms with Crippen LogP contribution in [0.3, 0.4) is 0 Å². The van der Waals surface area contributed by atoms with Gasteiger partial charge in [-0.05, 0) is 61.7 Å². The minimum Gasteiger partial charge on any atom is -0.493 e. The zero-order valence-electron chi connectivity index (χ0n) is 24.8. The molecule has 0 fully saturated rings. The third-order valence-corrected chi connectivity index (χ3v) is 9.52. The van der Waals surface area contributed by atoms with E-state index in [9.17, 15) is 18.0 Å². The van der Waals surface area contributed by atoms with Gasteiger partial charge in [0.25, 0.3) is 10.0 Å². The fourth-order valence-corrected chi connectivity index (χ4v) is 6.17. The lowest BCUT2D eigenvalue weighted by molar-refractivity contribution is -0.140. The van der Waals surface area contributed by atoms with Crippen molar-refractivity contribution in [3.63, 3.8) is 0 Å². The predicted octanol–water partition coefficient (Wildman–Crippen LogP) is 5.93. The van der Waals surface area contributed by atoms with Crippen molar-refractivity contribution < 1.29 is 27.5 Å². The lowest BCUT2D eigenvalue weighted by Crippen LogP contribution is -2.53. The van der Waals surface area contributed by atoms with Gasteiger partial charge >= 0.3 is 0 Å². The topological polar surface area (TPSA) is 105 Å². The van der Waals surface area contributed by atoms with E-state index in [0.29, 0.717) is 27.8 Å². The Morgan fingerprint density at radius 3 is 2.14 bits per heavy atom. The number of rotatable bonds is 14. The van der Waals surface area contributed by atoms with Crippen LogP contribution in [0.4, 0.5) is 5.69 Å². The van der Waals surface area contributed by atoms with E-state index in [1.807, 2.05) is 13.8 Å². The van der Waals surface area contributed by atoms with Crippen molar-refractivity contribution in [2.75, 3.05) is 25.1 Å². The van der Waals surface area contributed by atoms with Crippen LogP contribution in [-0.4, -0.2) is 58.0 Å². The first-order chi connectivity index (χ1) is 20.5. The van der Waals surface area contributed by atoms with Crippen LogP contribution in [0.15, 0.2) is 71.6 Å². The second-order valence-corrected chi connectivity index (χ2v) is 12.6. The van der Waals surface area contributed by atoms with Crippen molar-refractivity contribution in [3.8, 4) is 11.5 Å². The maximum absolute atomic E-state index is 14.2. The molecule has 1 N–H and O–H groups in total. The van der Waals surface area contributed by atoms with Gasteiger partial charge in [0.2, 0.25) is 11.8 Å². The van der Waals surface area contributed by atoms with Crippen LogP contribution < -0.4 is 19.1 Å². The highest BCUT2D eigenvalue weighted by Crippen LogP contribution is 2.34. The Bertz CT molecular complexity index is 1520. The molecular weight excluding hydrogens is 613 g/mol. The number of hydrogen-bond donors (Lipinski definition) is 1. The fourth-order valence-electron chi connectivity index (χ4n) is 4.42. The van der Waals surface area contributed by atoms with Crippen LogP contribution in [0.2, 0.25) is 10.0 Å². The van der Waals surface area contributed by atoms with E-state index in [2.05, 4.69) is 5.32 Å². The third kappa shape index (κ3) is 8.34. The van der Waals surface area contributed by atoms with Gasteiger partial charge in [-0.1, -0.05) is 61.3 Å². The number of sulfonamides is 1. The highest BCUT2D eigenvalue weighted by Gasteiger charge is 2.34. The fraction of sp³-hybridized carbons (Fsp3) is 0.355. The average Bonchev–Trinajstić information content (AvgIpc) is 3.01. The molecule has 3 aromatic carbocycles. The molecule has 0 aliphatic rings. The number of halogens is 2. The van der Waals surface area contributed by atoms with E-state index in [1.165, 1.54) is 43.4 Å². The minimum absolute atomic E-state index is 0.00447. The normalized spacial score (nSPS) is 12.6. The molecule has 3 aromatic rings. The zero-order valence-corrected chi connectivity index (χ0v) is 27.2. The lowest BCUT2D eigenvalue weighted by atomic mass is 10.1. The summed E-state index contributed by atoms with van der Waals surface area (Å²) >= 11 is 12.4. The largest absolute Gasteiger partial charge is 0.493 e. The highest BCUT2D eigenvalue weighted by atomic mass is 35.5. The molecule has 12 heteroatoms. The van der Waals surface area contributed by atoms with Gasteiger partial charge in [-0.3, -0.25) is 13.9 Å². The summed E-state index contributed by atoms with van der Waals surface area (Å²) in [4.78, 5) is 29.0. The van der Waals surface area contributed by atoms with Crippen molar-refractivity contribution in [2.45, 2.75) is 57.1 Å². The third-order valence-electron chi connectivity index (χ3n) is 6.99. The SMILES string of the molecule is CC[C@H](C)NC(=O)[C@H](CC)N(Cc1ccc(Cl)c(Cl)c1)C(=O)CN(c1ccc(OC)c(OC)c1)S(=O)(=O)c1ccccc1. The Kier molecular flexibility index (Phi) is 12.1. The van der Waals surface area contributed by atoms with Crippen LogP contribution in [0.25, 0.3) is 0 Å². The van der Waals surface area contributed by atoms with Gasteiger partial charge in [-0.25, -0.2) is 8.42 Å². The Morgan fingerprint density at radius 2 is 1.56 bits per heavy atom. The van der Waals surface area contributed by atoms with Crippen molar-refractivity contribution in [3.05, 3.63) is 82.3 Å². The number of ether oxygens (including phenoxy) is 2. The Morgan fingerprint density at radius 1 is 0.884 bits per heavy atom. The first-order valence-corrected chi connectivity index (χ1v) is 16.0. The van der Waals surface area contributed by atoms with Crippen molar-refractivity contribution in [1.82, 2.24) is 10.2 Å². The molecule has 2 amide bonds.